The first-order valence-corrected chi connectivity index (χ1v) is 6.92. The van der Waals surface area contributed by atoms with Crippen LogP contribution in [0.2, 0.25) is 0 Å². The summed E-state index contributed by atoms with van der Waals surface area (Å²) in [6, 6.07) is 15.4. The Balaban J connectivity index is 2.09. The molecule has 5 heteroatoms. The molecular weight excluding hydrogens is 334 g/mol. The molecule has 106 valence electrons. The van der Waals surface area contributed by atoms with Crippen molar-refractivity contribution in [1.29, 1.82) is 0 Å². The lowest BCUT2D eigenvalue weighted by atomic mass is 10.1. The van der Waals surface area contributed by atoms with E-state index in [1.165, 1.54) is 0 Å². The third-order valence-electron chi connectivity index (χ3n) is 2.64. The van der Waals surface area contributed by atoms with Gasteiger partial charge in [-0.2, -0.15) is 0 Å². The van der Waals surface area contributed by atoms with Crippen LogP contribution in [0, 0.1) is 0 Å². The first-order valence-electron chi connectivity index (χ1n) is 6.13. The topological polar surface area (TPSA) is 66.4 Å². The highest BCUT2D eigenvalue weighted by Gasteiger charge is 2.13. The molecule has 0 heterocycles. The van der Waals surface area contributed by atoms with Gasteiger partial charge in [-0.05, 0) is 24.3 Å². The number of ketones is 1. The molecule has 0 aromatic heterocycles. The molecule has 0 saturated carbocycles. The lowest BCUT2D eigenvalue weighted by Crippen LogP contribution is -2.21. The molecule has 2 aromatic carbocycles. The highest BCUT2D eigenvalue weighted by molar-refractivity contribution is 9.10. The second-order valence-corrected chi connectivity index (χ2v) is 5.14. The minimum absolute atomic E-state index is 0.260. The van der Waals surface area contributed by atoms with E-state index >= 15 is 0 Å². The molecule has 1 amide bonds. The number of anilines is 1. The van der Waals surface area contributed by atoms with E-state index < -0.39 is 11.7 Å². The van der Waals surface area contributed by atoms with Crippen molar-refractivity contribution in [2.75, 3.05) is 5.32 Å². The van der Waals surface area contributed by atoms with Crippen LogP contribution in [0.5, 0.6) is 0 Å². The molecule has 0 saturated heterocycles. The van der Waals surface area contributed by atoms with Crippen LogP contribution in [-0.4, -0.2) is 16.8 Å². The predicted molar refractivity (Wildman–Crippen MR) is 84.8 cm³/mol. The van der Waals surface area contributed by atoms with Crippen molar-refractivity contribution >= 4 is 39.1 Å². The van der Waals surface area contributed by atoms with E-state index in [4.69, 9.17) is 0 Å². The average Bonchev–Trinajstić information content (AvgIpc) is 2.48. The van der Waals surface area contributed by atoms with Crippen molar-refractivity contribution in [3.05, 3.63) is 70.7 Å². The summed E-state index contributed by atoms with van der Waals surface area (Å²) in [5.74, 6) is -1.89. The molecule has 0 atom stereocenters. The maximum absolute atomic E-state index is 11.8. The zero-order chi connectivity index (χ0) is 15.2. The Bertz CT molecular complexity index is 696. The summed E-state index contributed by atoms with van der Waals surface area (Å²) in [4.78, 5) is 23.5. The summed E-state index contributed by atoms with van der Waals surface area (Å²) in [5.41, 5.74) is 0.969. The number of hydrogen-bond donors (Lipinski definition) is 2. The summed E-state index contributed by atoms with van der Waals surface area (Å²) in [6.07, 6.45) is 0.903. The molecule has 0 bridgehead atoms. The number of para-hydroxylation sites is 1. The maximum atomic E-state index is 11.8. The van der Waals surface area contributed by atoms with E-state index in [0.29, 0.717) is 11.3 Å². The van der Waals surface area contributed by atoms with Crippen LogP contribution in [0.3, 0.4) is 0 Å². The van der Waals surface area contributed by atoms with Crippen molar-refractivity contribution in [2.24, 2.45) is 0 Å². The van der Waals surface area contributed by atoms with Gasteiger partial charge in [-0.15, -0.1) is 0 Å². The predicted octanol–water partition coefficient (Wildman–Crippen LogP) is 3.56. The van der Waals surface area contributed by atoms with Crippen LogP contribution >= 0.6 is 15.9 Å². The van der Waals surface area contributed by atoms with Crippen LogP contribution in [0.25, 0.3) is 5.76 Å². The Kier molecular flexibility index (Phi) is 4.90. The van der Waals surface area contributed by atoms with Gasteiger partial charge in [-0.1, -0.05) is 46.3 Å². The van der Waals surface area contributed by atoms with Gasteiger partial charge in [0.05, 0.1) is 0 Å². The molecule has 2 aromatic rings. The number of aliphatic hydroxyl groups excluding tert-OH is 1. The van der Waals surface area contributed by atoms with Gasteiger partial charge in [-0.3, -0.25) is 9.59 Å². The molecule has 21 heavy (non-hydrogen) atoms. The Morgan fingerprint density at radius 2 is 1.76 bits per heavy atom. The summed E-state index contributed by atoms with van der Waals surface area (Å²) in [6.45, 7) is 0. The standard InChI is InChI=1S/C16H12BrNO3/c17-12-6-4-5-11(9-12)14(19)10-15(20)16(21)18-13-7-2-1-3-8-13/h1-10,19H,(H,18,21)/b14-10-. The van der Waals surface area contributed by atoms with Crippen molar-refractivity contribution in [1.82, 2.24) is 0 Å². The third-order valence-corrected chi connectivity index (χ3v) is 3.14. The fraction of sp³-hybridized carbons (Fsp3) is 0. The number of benzene rings is 2. The molecule has 2 rings (SSSR count). The molecule has 2 N–H and O–H groups in total. The molecule has 0 aliphatic carbocycles. The fourth-order valence-electron chi connectivity index (χ4n) is 1.64. The second kappa shape index (κ2) is 6.85. The molecule has 0 aliphatic rings. The normalized spacial score (nSPS) is 11.0. The third kappa shape index (κ3) is 4.29. The highest BCUT2D eigenvalue weighted by atomic mass is 79.9. The summed E-state index contributed by atoms with van der Waals surface area (Å²) >= 11 is 3.27. The van der Waals surface area contributed by atoms with E-state index in [0.717, 1.165) is 10.5 Å². The van der Waals surface area contributed by atoms with E-state index in [-0.39, 0.29) is 5.76 Å². The molecular formula is C16H12BrNO3. The Morgan fingerprint density at radius 1 is 1.05 bits per heavy atom. The average molecular weight is 346 g/mol. The van der Waals surface area contributed by atoms with Crippen LogP contribution in [0.15, 0.2) is 65.1 Å². The van der Waals surface area contributed by atoms with E-state index in [1.807, 2.05) is 0 Å². The molecule has 0 radical (unpaired) electrons. The maximum Gasteiger partial charge on any atom is 0.296 e. The van der Waals surface area contributed by atoms with Gasteiger partial charge in [0.25, 0.3) is 5.91 Å². The molecule has 0 spiro atoms. The number of amides is 1. The largest absolute Gasteiger partial charge is 0.507 e. The fourth-order valence-corrected chi connectivity index (χ4v) is 2.03. The number of halogens is 1. The van der Waals surface area contributed by atoms with Gasteiger partial charge < -0.3 is 10.4 Å². The number of rotatable bonds is 4. The van der Waals surface area contributed by atoms with Crippen LogP contribution in [0.4, 0.5) is 5.69 Å². The summed E-state index contributed by atoms with van der Waals surface area (Å²) in [5, 5.41) is 12.3. The Labute approximate surface area is 130 Å². The number of aliphatic hydroxyl groups is 1. The van der Waals surface area contributed by atoms with Crippen molar-refractivity contribution in [3.63, 3.8) is 0 Å². The number of hydrogen-bond acceptors (Lipinski definition) is 3. The van der Waals surface area contributed by atoms with Crippen molar-refractivity contribution < 1.29 is 14.7 Å². The lowest BCUT2D eigenvalue weighted by molar-refractivity contribution is -0.131. The Hall–Kier alpha value is -2.40. The van der Waals surface area contributed by atoms with E-state index in [9.17, 15) is 14.7 Å². The monoisotopic (exact) mass is 345 g/mol. The molecule has 0 fully saturated rings. The second-order valence-electron chi connectivity index (χ2n) is 4.22. The SMILES string of the molecule is O=C(/C=C(\O)c1cccc(Br)c1)C(=O)Nc1ccccc1. The first kappa shape index (κ1) is 15.0. The van der Waals surface area contributed by atoms with Crippen LogP contribution < -0.4 is 5.32 Å². The van der Waals surface area contributed by atoms with Crippen LogP contribution in [-0.2, 0) is 9.59 Å². The zero-order valence-electron chi connectivity index (χ0n) is 10.9. The van der Waals surface area contributed by atoms with Crippen LogP contribution in [0.1, 0.15) is 5.56 Å². The highest BCUT2D eigenvalue weighted by Crippen LogP contribution is 2.17. The minimum atomic E-state index is -0.823. The minimum Gasteiger partial charge on any atom is -0.507 e. The number of nitrogens with one attached hydrogen (secondary N) is 1. The number of carbonyl (C=O) groups is 2. The zero-order valence-corrected chi connectivity index (χ0v) is 12.5. The quantitative estimate of drug-likeness (QED) is 0.505. The van der Waals surface area contributed by atoms with Gasteiger partial charge in [0, 0.05) is 21.8 Å². The van der Waals surface area contributed by atoms with Crippen molar-refractivity contribution in [2.45, 2.75) is 0 Å². The van der Waals surface area contributed by atoms with Gasteiger partial charge in [0.1, 0.15) is 5.76 Å². The molecule has 4 nitrogen and oxygen atoms in total. The lowest BCUT2D eigenvalue weighted by Gasteiger charge is -2.03. The smallest absolute Gasteiger partial charge is 0.296 e. The van der Waals surface area contributed by atoms with Crippen molar-refractivity contribution in [3.8, 4) is 0 Å². The summed E-state index contributed by atoms with van der Waals surface area (Å²) in [7, 11) is 0. The van der Waals surface area contributed by atoms with Gasteiger partial charge in [-0.25, -0.2) is 0 Å². The number of carbonyl (C=O) groups excluding carboxylic acids is 2. The Morgan fingerprint density at radius 3 is 2.43 bits per heavy atom. The first-order chi connectivity index (χ1) is 10.1. The summed E-state index contributed by atoms with van der Waals surface area (Å²) < 4.78 is 0.765. The van der Waals surface area contributed by atoms with Gasteiger partial charge in [0.2, 0.25) is 5.78 Å². The van der Waals surface area contributed by atoms with E-state index in [1.54, 1.807) is 54.6 Å². The van der Waals surface area contributed by atoms with Gasteiger partial charge in [0.15, 0.2) is 0 Å². The molecule has 0 unspecified atom stereocenters. The van der Waals surface area contributed by atoms with Gasteiger partial charge >= 0.3 is 0 Å². The molecule has 0 aliphatic heterocycles. The van der Waals surface area contributed by atoms with E-state index in [2.05, 4.69) is 21.2 Å².